The molecule has 0 aliphatic rings. The molecule has 0 amide bonds. The van der Waals surface area contributed by atoms with Crippen LogP contribution in [0.3, 0.4) is 0 Å². The largest absolute Gasteiger partial charge is 0.542 e. The molecule has 1 aromatic carbocycles. The number of carboxylic acids is 1. The maximum atomic E-state index is 11.3. The van der Waals surface area contributed by atoms with Crippen LogP contribution in [0.25, 0.3) is 0 Å². The van der Waals surface area contributed by atoms with Crippen molar-refractivity contribution in [3.63, 3.8) is 0 Å². The molecule has 4 nitrogen and oxygen atoms in total. The molecule has 0 unspecified atom stereocenters. The quantitative estimate of drug-likeness (QED) is 0.638. The van der Waals surface area contributed by atoms with Crippen LogP contribution in [0.4, 0.5) is 5.69 Å². The third-order valence-corrected chi connectivity index (χ3v) is 8.38. The molecule has 3 N–H and O–H groups in total. The molecule has 1 aromatic rings. The van der Waals surface area contributed by atoms with Gasteiger partial charge < -0.3 is 15.3 Å². The third-order valence-electron chi connectivity index (χ3n) is 3.46. The van der Waals surface area contributed by atoms with Gasteiger partial charge >= 0.3 is 5.97 Å². The summed E-state index contributed by atoms with van der Waals surface area (Å²) in [5.41, 5.74) is 6.17. The molecular formula is C13H20BrNO3Si. The van der Waals surface area contributed by atoms with Gasteiger partial charge in [0.25, 0.3) is 8.32 Å². The van der Waals surface area contributed by atoms with Crippen molar-refractivity contribution < 1.29 is 14.3 Å². The van der Waals surface area contributed by atoms with Crippen molar-refractivity contribution in [1.82, 2.24) is 0 Å². The highest BCUT2D eigenvalue weighted by molar-refractivity contribution is 9.10. The van der Waals surface area contributed by atoms with Crippen molar-refractivity contribution in [3.8, 4) is 5.75 Å². The fraction of sp³-hybridized carbons (Fsp3) is 0.462. The molecule has 0 spiro atoms. The van der Waals surface area contributed by atoms with Crippen LogP contribution in [0.1, 0.15) is 31.1 Å². The number of aromatic carboxylic acids is 1. The van der Waals surface area contributed by atoms with E-state index in [4.69, 9.17) is 10.2 Å². The Hall–Kier alpha value is -1.01. The van der Waals surface area contributed by atoms with Gasteiger partial charge in [0.05, 0.1) is 4.47 Å². The Morgan fingerprint density at radius 1 is 1.37 bits per heavy atom. The predicted octanol–water partition coefficient (Wildman–Crippen LogP) is 4.11. The Kier molecular flexibility index (Phi) is 4.36. The van der Waals surface area contributed by atoms with Crippen molar-refractivity contribution in [2.75, 3.05) is 5.73 Å². The van der Waals surface area contributed by atoms with E-state index in [0.717, 1.165) is 0 Å². The van der Waals surface area contributed by atoms with Gasteiger partial charge in [-0.3, -0.25) is 0 Å². The van der Waals surface area contributed by atoms with Crippen molar-refractivity contribution in [3.05, 3.63) is 22.2 Å². The fourth-order valence-corrected chi connectivity index (χ4v) is 3.03. The second-order valence-corrected chi connectivity index (χ2v) is 11.6. The molecular weight excluding hydrogens is 326 g/mol. The Morgan fingerprint density at radius 3 is 2.32 bits per heavy atom. The number of benzene rings is 1. The number of carbonyl (C=O) groups is 1. The lowest BCUT2D eigenvalue weighted by molar-refractivity contribution is 0.0694. The van der Waals surface area contributed by atoms with Gasteiger partial charge in [-0.25, -0.2) is 4.79 Å². The first-order valence-electron chi connectivity index (χ1n) is 5.97. The number of nitrogen functional groups attached to an aromatic ring is 1. The maximum absolute atomic E-state index is 11.3. The smallest absolute Gasteiger partial charge is 0.339 e. The van der Waals surface area contributed by atoms with E-state index in [9.17, 15) is 9.90 Å². The summed E-state index contributed by atoms with van der Waals surface area (Å²) in [6.45, 7) is 10.4. The van der Waals surface area contributed by atoms with Gasteiger partial charge in [0, 0.05) is 5.69 Å². The first kappa shape index (κ1) is 16.0. The molecule has 0 aliphatic carbocycles. The Labute approximate surface area is 123 Å². The number of rotatable bonds is 3. The van der Waals surface area contributed by atoms with E-state index in [2.05, 4.69) is 49.8 Å². The summed E-state index contributed by atoms with van der Waals surface area (Å²) in [6, 6.07) is 3.09. The molecule has 1 rings (SSSR count). The lowest BCUT2D eigenvalue weighted by atomic mass is 10.2. The van der Waals surface area contributed by atoms with Gasteiger partial charge in [-0.1, -0.05) is 20.8 Å². The Balaban J connectivity index is 3.32. The van der Waals surface area contributed by atoms with Crippen LogP contribution in [-0.4, -0.2) is 19.4 Å². The lowest BCUT2D eigenvalue weighted by Gasteiger charge is -2.37. The molecule has 0 bridgehead atoms. The third kappa shape index (κ3) is 3.51. The normalized spacial score (nSPS) is 12.3. The van der Waals surface area contributed by atoms with Gasteiger partial charge in [-0.2, -0.15) is 0 Å². The first-order chi connectivity index (χ1) is 8.45. The standard InChI is InChI=1S/C13H20BrNO3Si/c1-13(2,3)19(4,5)18-11-9(12(16)17)6-8(15)7-10(11)14/h6-7H,15H2,1-5H3,(H,16,17). The minimum Gasteiger partial charge on any atom is -0.542 e. The molecule has 0 saturated carbocycles. The van der Waals surface area contributed by atoms with Crippen LogP contribution in [0, 0.1) is 0 Å². The SMILES string of the molecule is CC(C)(C)[Si](C)(C)Oc1c(Br)cc(N)cc1C(=O)O. The monoisotopic (exact) mass is 345 g/mol. The molecule has 6 heteroatoms. The molecule has 0 fully saturated rings. The molecule has 0 atom stereocenters. The van der Waals surface area contributed by atoms with E-state index >= 15 is 0 Å². The average molecular weight is 346 g/mol. The minimum absolute atomic E-state index is 0.0103. The number of halogens is 1. The van der Waals surface area contributed by atoms with Gasteiger partial charge in [0.2, 0.25) is 0 Å². The molecule has 19 heavy (non-hydrogen) atoms. The van der Waals surface area contributed by atoms with E-state index in [1.807, 2.05) is 0 Å². The minimum atomic E-state index is -2.11. The molecule has 0 saturated heterocycles. The average Bonchev–Trinajstić information content (AvgIpc) is 2.19. The summed E-state index contributed by atoms with van der Waals surface area (Å²) in [6.07, 6.45) is 0. The number of nitrogens with two attached hydrogens (primary N) is 1. The maximum Gasteiger partial charge on any atom is 0.339 e. The number of anilines is 1. The molecule has 0 heterocycles. The van der Waals surface area contributed by atoms with E-state index < -0.39 is 14.3 Å². The molecule has 0 radical (unpaired) electrons. The van der Waals surface area contributed by atoms with Crippen LogP contribution in [0.5, 0.6) is 5.75 Å². The van der Waals surface area contributed by atoms with Crippen molar-refractivity contribution in [2.45, 2.75) is 38.9 Å². The molecule has 0 aromatic heterocycles. The number of hydrogen-bond acceptors (Lipinski definition) is 3. The highest BCUT2D eigenvalue weighted by Gasteiger charge is 2.40. The topological polar surface area (TPSA) is 72.5 Å². The Bertz CT molecular complexity index is 509. The number of carboxylic acid groups (broad SMARTS) is 1. The van der Waals surface area contributed by atoms with Gasteiger partial charge in [-0.15, -0.1) is 0 Å². The lowest BCUT2D eigenvalue weighted by Crippen LogP contribution is -2.44. The van der Waals surface area contributed by atoms with E-state index in [-0.39, 0.29) is 10.6 Å². The highest BCUT2D eigenvalue weighted by atomic mass is 79.9. The predicted molar refractivity (Wildman–Crippen MR) is 83.3 cm³/mol. The fourth-order valence-electron chi connectivity index (χ4n) is 1.29. The van der Waals surface area contributed by atoms with E-state index in [1.165, 1.54) is 6.07 Å². The Morgan fingerprint density at radius 2 is 1.89 bits per heavy atom. The van der Waals surface area contributed by atoms with Crippen LogP contribution in [0.15, 0.2) is 16.6 Å². The first-order valence-corrected chi connectivity index (χ1v) is 9.67. The summed E-state index contributed by atoms with van der Waals surface area (Å²) in [5, 5.41) is 9.26. The van der Waals surface area contributed by atoms with Gasteiger partial charge in [0.1, 0.15) is 11.3 Å². The van der Waals surface area contributed by atoms with Crippen LogP contribution in [-0.2, 0) is 0 Å². The highest BCUT2D eigenvalue weighted by Crippen LogP contribution is 2.41. The van der Waals surface area contributed by atoms with E-state index in [1.54, 1.807) is 6.07 Å². The van der Waals surface area contributed by atoms with Crippen molar-refractivity contribution in [1.29, 1.82) is 0 Å². The summed E-state index contributed by atoms with van der Waals surface area (Å²) >= 11 is 3.34. The van der Waals surface area contributed by atoms with Crippen molar-refractivity contribution in [2.24, 2.45) is 0 Å². The molecule has 0 aliphatic heterocycles. The van der Waals surface area contributed by atoms with Gasteiger partial charge in [0.15, 0.2) is 0 Å². The van der Waals surface area contributed by atoms with Crippen LogP contribution >= 0.6 is 15.9 Å². The zero-order chi connectivity index (χ0) is 15.0. The second-order valence-electron chi connectivity index (χ2n) is 6.05. The van der Waals surface area contributed by atoms with Crippen LogP contribution in [0.2, 0.25) is 18.1 Å². The van der Waals surface area contributed by atoms with Crippen LogP contribution < -0.4 is 10.2 Å². The summed E-state index contributed by atoms with van der Waals surface area (Å²) in [4.78, 5) is 11.3. The zero-order valence-electron chi connectivity index (χ0n) is 11.9. The second kappa shape index (κ2) is 5.17. The molecule has 106 valence electrons. The number of hydrogen-bond donors (Lipinski definition) is 2. The van der Waals surface area contributed by atoms with E-state index in [0.29, 0.717) is 15.9 Å². The van der Waals surface area contributed by atoms with Crippen molar-refractivity contribution >= 4 is 35.9 Å². The summed E-state index contributed by atoms with van der Waals surface area (Å²) < 4.78 is 6.68. The summed E-state index contributed by atoms with van der Waals surface area (Å²) in [5.74, 6) is -0.671. The summed E-state index contributed by atoms with van der Waals surface area (Å²) in [7, 11) is -2.11. The zero-order valence-corrected chi connectivity index (χ0v) is 14.5. The van der Waals surface area contributed by atoms with Gasteiger partial charge in [-0.05, 0) is 46.2 Å².